The van der Waals surface area contributed by atoms with Crippen LogP contribution in [0.25, 0.3) is 0 Å². The minimum Gasteiger partial charge on any atom is -0.493 e. The summed E-state index contributed by atoms with van der Waals surface area (Å²) in [5.41, 5.74) is 4.87. The number of hydrogen-bond donors (Lipinski definition) is 0. The summed E-state index contributed by atoms with van der Waals surface area (Å²) in [6, 6.07) is 14.6. The van der Waals surface area contributed by atoms with Gasteiger partial charge >= 0.3 is 0 Å². The van der Waals surface area contributed by atoms with E-state index in [4.69, 9.17) is 14.5 Å². The molecule has 2 aromatic rings. The molecular weight excluding hydrogens is 298 g/mol. The number of aliphatic imine (C=N–C) groups is 1. The summed E-state index contributed by atoms with van der Waals surface area (Å²) < 4.78 is 11.4. The van der Waals surface area contributed by atoms with Crippen LogP contribution in [0, 0.1) is 0 Å². The highest BCUT2D eigenvalue weighted by Gasteiger charge is 2.18. The van der Waals surface area contributed by atoms with Crippen LogP contribution in [0.3, 0.4) is 0 Å². The monoisotopic (exact) mass is 321 g/mol. The van der Waals surface area contributed by atoms with E-state index in [2.05, 4.69) is 36.4 Å². The normalized spacial score (nSPS) is 13.5. The van der Waals surface area contributed by atoms with Gasteiger partial charge in [-0.25, -0.2) is 0 Å². The quantitative estimate of drug-likeness (QED) is 0.745. The SMILES string of the molecule is C/C=C/COc1cc2c(cc1OC)C(Cc1ccccc1)=NCC2. The van der Waals surface area contributed by atoms with Crippen molar-refractivity contribution in [3.63, 3.8) is 0 Å². The van der Waals surface area contributed by atoms with E-state index < -0.39 is 0 Å². The lowest BCUT2D eigenvalue weighted by Gasteiger charge is -2.20. The van der Waals surface area contributed by atoms with E-state index >= 15 is 0 Å². The maximum Gasteiger partial charge on any atom is 0.161 e. The van der Waals surface area contributed by atoms with Crippen molar-refractivity contribution in [1.82, 2.24) is 0 Å². The molecule has 0 saturated carbocycles. The van der Waals surface area contributed by atoms with Crippen molar-refractivity contribution in [2.75, 3.05) is 20.3 Å². The van der Waals surface area contributed by atoms with Crippen LogP contribution < -0.4 is 9.47 Å². The molecule has 0 radical (unpaired) electrons. The average Bonchev–Trinajstić information content (AvgIpc) is 2.62. The van der Waals surface area contributed by atoms with Crippen LogP contribution in [-0.4, -0.2) is 26.0 Å². The third-order valence-electron chi connectivity index (χ3n) is 4.17. The number of benzene rings is 2. The number of rotatable bonds is 6. The number of fused-ring (bicyclic) bond motifs is 1. The Bertz CT molecular complexity index is 748. The van der Waals surface area contributed by atoms with E-state index in [0.717, 1.165) is 36.6 Å². The zero-order valence-electron chi connectivity index (χ0n) is 14.3. The fourth-order valence-corrected chi connectivity index (χ4v) is 2.92. The fourth-order valence-electron chi connectivity index (χ4n) is 2.92. The maximum atomic E-state index is 5.84. The van der Waals surface area contributed by atoms with Gasteiger partial charge in [0.2, 0.25) is 0 Å². The highest BCUT2D eigenvalue weighted by atomic mass is 16.5. The van der Waals surface area contributed by atoms with Crippen molar-refractivity contribution in [3.05, 3.63) is 71.3 Å². The van der Waals surface area contributed by atoms with Crippen LogP contribution >= 0.6 is 0 Å². The molecule has 1 aliphatic heterocycles. The number of hydrogen-bond acceptors (Lipinski definition) is 3. The molecule has 3 nitrogen and oxygen atoms in total. The Hall–Kier alpha value is -2.55. The zero-order chi connectivity index (χ0) is 16.8. The van der Waals surface area contributed by atoms with Crippen molar-refractivity contribution < 1.29 is 9.47 Å². The molecule has 3 heteroatoms. The summed E-state index contributed by atoms with van der Waals surface area (Å²) >= 11 is 0. The van der Waals surface area contributed by atoms with Gasteiger partial charge in [0, 0.05) is 24.2 Å². The first kappa shape index (κ1) is 16.3. The first-order valence-corrected chi connectivity index (χ1v) is 8.34. The van der Waals surface area contributed by atoms with Crippen molar-refractivity contribution in [2.45, 2.75) is 19.8 Å². The zero-order valence-corrected chi connectivity index (χ0v) is 14.3. The van der Waals surface area contributed by atoms with Crippen LogP contribution in [0.2, 0.25) is 0 Å². The van der Waals surface area contributed by atoms with Crippen molar-refractivity contribution in [2.24, 2.45) is 4.99 Å². The molecule has 0 atom stereocenters. The van der Waals surface area contributed by atoms with Gasteiger partial charge in [0.05, 0.1) is 7.11 Å². The van der Waals surface area contributed by atoms with Crippen molar-refractivity contribution in [3.8, 4) is 11.5 Å². The number of allylic oxidation sites excluding steroid dienone is 1. The van der Waals surface area contributed by atoms with Gasteiger partial charge in [0.15, 0.2) is 11.5 Å². The third kappa shape index (κ3) is 3.67. The Kier molecular flexibility index (Phi) is 5.32. The average molecular weight is 321 g/mol. The second kappa shape index (κ2) is 7.82. The maximum absolute atomic E-state index is 5.84. The van der Waals surface area contributed by atoms with Gasteiger partial charge in [-0.2, -0.15) is 0 Å². The van der Waals surface area contributed by atoms with E-state index in [0.29, 0.717) is 6.61 Å². The minimum atomic E-state index is 0.552. The Morgan fingerprint density at radius 2 is 1.96 bits per heavy atom. The standard InChI is InChI=1S/C21H23NO2/c1-3-4-12-24-21-14-17-10-11-22-19(18(17)15-20(21)23-2)13-16-8-6-5-7-9-16/h3-9,14-15H,10-13H2,1-2H3/b4-3+. The fraction of sp³-hybridized carbons (Fsp3) is 0.286. The lowest BCUT2D eigenvalue weighted by molar-refractivity contribution is 0.325. The Labute approximate surface area is 143 Å². The molecule has 24 heavy (non-hydrogen) atoms. The van der Waals surface area contributed by atoms with Gasteiger partial charge in [-0.3, -0.25) is 4.99 Å². The van der Waals surface area contributed by atoms with E-state index in [-0.39, 0.29) is 0 Å². The topological polar surface area (TPSA) is 30.8 Å². The second-order valence-electron chi connectivity index (χ2n) is 5.78. The molecule has 0 aliphatic carbocycles. The molecule has 0 bridgehead atoms. The summed E-state index contributed by atoms with van der Waals surface area (Å²) in [5.74, 6) is 1.57. The highest BCUT2D eigenvalue weighted by Crippen LogP contribution is 2.33. The lowest BCUT2D eigenvalue weighted by atomic mass is 9.93. The largest absolute Gasteiger partial charge is 0.493 e. The van der Waals surface area contributed by atoms with Gasteiger partial charge in [0.25, 0.3) is 0 Å². The molecular formula is C21H23NO2. The molecule has 0 fully saturated rings. The Balaban J connectivity index is 1.89. The summed E-state index contributed by atoms with van der Waals surface area (Å²) in [5, 5.41) is 0. The van der Waals surface area contributed by atoms with Crippen LogP contribution in [0.5, 0.6) is 11.5 Å². The van der Waals surface area contributed by atoms with E-state index in [9.17, 15) is 0 Å². The molecule has 1 aliphatic rings. The minimum absolute atomic E-state index is 0.552. The molecule has 0 unspecified atom stereocenters. The van der Waals surface area contributed by atoms with Crippen LogP contribution in [0.1, 0.15) is 23.6 Å². The van der Waals surface area contributed by atoms with Gasteiger partial charge in [0.1, 0.15) is 6.61 Å². The highest BCUT2D eigenvalue weighted by molar-refractivity contribution is 6.04. The summed E-state index contributed by atoms with van der Waals surface area (Å²) in [6.45, 7) is 3.37. The van der Waals surface area contributed by atoms with Crippen LogP contribution in [-0.2, 0) is 12.8 Å². The Morgan fingerprint density at radius 3 is 2.71 bits per heavy atom. The van der Waals surface area contributed by atoms with E-state index in [1.807, 2.05) is 25.1 Å². The molecule has 0 saturated heterocycles. The Morgan fingerprint density at radius 1 is 1.12 bits per heavy atom. The van der Waals surface area contributed by atoms with Gasteiger partial charge < -0.3 is 9.47 Å². The smallest absolute Gasteiger partial charge is 0.161 e. The summed E-state index contributed by atoms with van der Waals surface area (Å²) in [4.78, 5) is 4.76. The summed E-state index contributed by atoms with van der Waals surface area (Å²) in [7, 11) is 1.68. The molecule has 1 heterocycles. The molecule has 0 N–H and O–H groups in total. The summed E-state index contributed by atoms with van der Waals surface area (Å²) in [6.07, 6.45) is 5.75. The van der Waals surface area contributed by atoms with Crippen molar-refractivity contribution in [1.29, 1.82) is 0 Å². The molecule has 2 aromatic carbocycles. The first-order valence-electron chi connectivity index (χ1n) is 8.34. The predicted octanol–water partition coefficient (Wildman–Crippen LogP) is 4.24. The first-order chi connectivity index (χ1) is 11.8. The van der Waals surface area contributed by atoms with E-state index in [1.165, 1.54) is 16.7 Å². The van der Waals surface area contributed by atoms with Crippen LogP contribution in [0.15, 0.2) is 59.6 Å². The van der Waals surface area contributed by atoms with Gasteiger partial charge in [-0.1, -0.05) is 42.5 Å². The molecule has 124 valence electrons. The van der Waals surface area contributed by atoms with Crippen molar-refractivity contribution >= 4 is 5.71 Å². The molecule has 0 amide bonds. The second-order valence-corrected chi connectivity index (χ2v) is 5.78. The van der Waals surface area contributed by atoms with E-state index in [1.54, 1.807) is 7.11 Å². The van der Waals surface area contributed by atoms with Gasteiger partial charge in [-0.15, -0.1) is 0 Å². The van der Waals surface area contributed by atoms with Crippen LogP contribution in [0.4, 0.5) is 0 Å². The third-order valence-corrected chi connectivity index (χ3v) is 4.17. The number of methoxy groups -OCH3 is 1. The number of nitrogens with zero attached hydrogens (tertiary/aromatic N) is 1. The predicted molar refractivity (Wildman–Crippen MR) is 98.6 cm³/mol. The lowest BCUT2D eigenvalue weighted by Crippen LogP contribution is -2.16. The molecule has 3 rings (SSSR count). The molecule has 0 aromatic heterocycles. The number of ether oxygens (including phenoxy) is 2. The van der Waals surface area contributed by atoms with Gasteiger partial charge in [-0.05, 0) is 36.6 Å². The molecule has 0 spiro atoms.